The molecule has 0 saturated carbocycles. The van der Waals surface area contributed by atoms with E-state index in [1.54, 1.807) is 11.3 Å². The Morgan fingerprint density at radius 3 is 2.38 bits per heavy atom. The Morgan fingerprint density at radius 2 is 1.86 bits per heavy atom. The van der Waals surface area contributed by atoms with Crippen molar-refractivity contribution in [3.63, 3.8) is 0 Å². The lowest BCUT2D eigenvalue weighted by Crippen LogP contribution is -1.99. The molecule has 2 nitrogen and oxygen atoms in total. The summed E-state index contributed by atoms with van der Waals surface area (Å²) in [5.74, 6) is 0.531. The van der Waals surface area contributed by atoms with E-state index < -0.39 is 0 Å². The summed E-state index contributed by atoms with van der Waals surface area (Å²) in [5.41, 5.74) is 2.83. The third-order valence-corrected chi connectivity index (χ3v) is 5.84. The van der Waals surface area contributed by atoms with Crippen LogP contribution in [0.2, 0.25) is 0 Å². The molecule has 1 aromatic heterocycles. The molecule has 0 unspecified atom stereocenters. The van der Waals surface area contributed by atoms with E-state index in [9.17, 15) is 9.90 Å². The van der Waals surface area contributed by atoms with E-state index in [-0.39, 0.29) is 5.78 Å². The van der Waals surface area contributed by atoms with Gasteiger partial charge in [-0.2, -0.15) is 0 Å². The monoisotopic (exact) mass is 366 g/mol. The van der Waals surface area contributed by atoms with E-state index in [2.05, 4.69) is 22.9 Å². The Kier molecular flexibility index (Phi) is 5.22. The van der Waals surface area contributed by atoms with E-state index in [4.69, 9.17) is 0 Å². The predicted molar refractivity (Wildman–Crippen MR) is 91.6 cm³/mol. The molecule has 0 spiro atoms. The quantitative estimate of drug-likeness (QED) is 0.737. The molecule has 112 valence electrons. The van der Waals surface area contributed by atoms with Crippen LogP contribution >= 0.6 is 27.3 Å². The molecule has 0 bridgehead atoms. The molecule has 2 aromatic rings. The SMILES string of the molecule is CCc1sc(C(=O)CCc2cc(C)c(O)c(C)c2)cc1Br. The first-order valence-corrected chi connectivity index (χ1v) is 8.63. The zero-order valence-electron chi connectivity index (χ0n) is 12.5. The van der Waals surface area contributed by atoms with Crippen LogP contribution in [0.3, 0.4) is 0 Å². The van der Waals surface area contributed by atoms with Crippen LogP contribution in [-0.4, -0.2) is 10.9 Å². The zero-order chi connectivity index (χ0) is 15.6. The number of hydrogen-bond donors (Lipinski definition) is 1. The van der Waals surface area contributed by atoms with Gasteiger partial charge in [0, 0.05) is 15.8 Å². The van der Waals surface area contributed by atoms with Crippen molar-refractivity contribution in [1.82, 2.24) is 0 Å². The lowest BCUT2D eigenvalue weighted by Gasteiger charge is -2.07. The van der Waals surface area contributed by atoms with Gasteiger partial charge in [-0.25, -0.2) is 0 Å². The number of phenolic OH excluding ortho intramolecular Hbond substituents is 1. The molecule has 0 saturated heterocycles. The first-order valence-electron chi connectivity index (χ1n) is 7.02. The normalized spacial score (nSPS) is 10.9. The first kappa shape index (κ1) is 16.2. The molecular formula is C17H19BrO2S. The van der Waals surface area contributed by atoms with Crippen LogP contribution in [0.15, 0.2) is 22.7 Å². The van der Waals surface area contributed by atoms with Gasteiger partial charge < -0.3 is 5.11 Å². The first-order chi connectivity index (χ1) is 9.92. The van der Waals surface area contributed by atoms with Crippen molar-refractivity contribution >= 4 is 33.0 Å². The topological polar surface area (TPSA) is 37.3 Å². The maximum Gasteiger partial charge on any atom is 0.173 e. The van der Waals surface area contributed by atoms with Crippen molar-refractivity contribution < 1.29 is 9.90 Å². The van der Waals surface area contributed by atoms with Gasteiger partial charge in [-0.15, -0.1) is 11.3 Å². The van der Waals surface area contributed by atoms with Crippen LogP contribution in [0.4, 0.5) is 0 Å². The van der Waals surface area contributed by atoms with Crippen LogP contribution in [0.25, 0.3) is 0 Å². The van der Waals surface area contributed by atoms with Crippen LogP contribution in [0.1, 0.15) is 44.6 Å². The summed E-state index contributed by atoms with van der Waals surface area (Å²) >= 11 is 5.07. The average molecular weight is 367 g/mol. The summed E-state index contributed by atoms with van der Waals surface area (Å²) in [7, 11) is 0. The smallest absolute Gasteiger partial charge is 0.173 e. The molecule has 0 radical (unpaired) electrons. The Balaban J connectivity index is 2.07. The van der Waals surface area contributed by atoms with E-state index in [1.807, 2.05) is 32.0 Å². The van der Waals surface area contributed by atoms with Crippen molar-refractivity contribution in [3.8, 4) is 5.75 Å². The molecule has 0 aliphatic rings. The van der Waals surface area contributed by atoms with Gasteiger partial charge >= 0.3 is 0 Å². The van der Waals surface area contributed by atoms with Crippen molar-refractivity contribution in [1.29, 1.82) is 0 Å². The van der Waals surface area contributed by atoms with Crippen LogP contribution in [0, 0.1) is 13.8 Å². The van der Waals surface area contributed by atoms with E-state index in [1.165, 1.54) is 4.88 Å². The molecule has 0 aliphatic carbocycles. The number of benzene rings is 1. The summed E-state index contributed by atoms with van der Waals surface area (Å²) in [6.07, 6.45) is 2.15. The number of carbonyl (C=O) groups excluding carboxylic acids is 1. The maximum atomic E-state index is 12.3. The highest BCUT2D eigenvalue weighted by Gasteiger charge is 2.13. The Hall–Kier alpha value is -1.13. The van der Waals surface area contributed by atoms with E-state index >= 15 is 0 Å². The third kappa shape index (κ3) is 3.74. The molecule has 0 aliphatic heterocycles. The minimum atomic E-state index is 0.184. The Labute approximate surface area is 138 Å². The third-order valence-electron chi connectivity index (χ3n) is 3.54. The largest absolute Gasteiger partial charge is 0.507 e. The molecule has 0 amide bonds. The summed E-state index contributed by atoms with van der Waals surface area (Å²) in [6, 6.07) is 5.84. The number of phenols is 1. The Morgan fingerprint density at radius 1 is 1.24 bits per heavy atom. The Bertz CT molecular complexity index is 650. The van der Waals surface area contributed by atoms with Crippen LogP contribution in [-0.2, 0) is 12.8 Å². The summed E-state index contributed by atoms with van der Waals surface area (Å²) in [5, 5.41) is 9.78. The average Bonchev–Trinajstić information content (AvgIpc) is 2.83. The molecule has 1 aromatic carbocycles. The molecule has 0 fully saturated rings. The van der Waals surface area contributed by atoms with Gasteiger partial charge in [0.15, 0.2) is 5.78 Å². The second-order valence-corrected chi connectivity index (χ2v) is 7.23. The number of aryl methyl sites for hydroxylation is 4. The summed E-state index contributed by atoms with van der Waals surface area (Å²) in [4.78, 5) is 14.3. The standard InChI is InChI=1S/C17H19BrO2S/c1-4-15-13(18)9-16(21-15)14(19)6-5-12-7-10(2)17(20)11(3)8-12/h7-9,20H,4-6H2,1-3H3. The van der Waals surface area contributed by atoms with Gasteiger partial charge in [0.05, 0.1) is 4.88 Å². The number of Topliss-reactive ketones (excluding diaryl/α,β-unsaturated/α-hetero) is 1. The second-order valence-electron chi connectivity index (χ2n) is 5.24. The predicted octanol–water partition coefficient (Wildman–Crippen LogP) is 5.21. The molecule has 4 heteroatoms. The van der Waals surface area contributed by atoms with Crippen LogP contribution < -0.4 is 0 Å². The highest BCUT2D eigenvalue weighted by Crippen LogP contribution is 2.29. The lowest BCUT2D eigenvalue weighted by molar-refractivity contribution is 0.0986. The molecular weight excluding hydrogens is 348 g/mol. The second kappa shape index (κ2) is 6.75. The van der Waals surface area contributed by atoms with Gasteiger partial charge in [0.25, 0.3) is 0 Å². The number of rotatable bonds is 5. The maximum absolute atomic E-state index is 12.3. The highest BCUT2D eigenvalue weighted by atomic mass is 79.9. The minimum Gasteiger partial charge on any atom is -0.507 e. The lowest BCUT2D eigenvalue weighted by atomic mass is 10.0. The fourth-order valence-corrected chi connectivity index (χ4v) is 4.22. The molecule has 1 N–H and O–H groups in total. The van der Waals surface area contributed by atoms with Crippen molar-refractivity contribution in [2.24, 2.45) is 0 Å². The fourth-order valence-electron chi connectivity index (χ4n) is 2.36. The van der Waals surface area contributed by atoms with Crippen molar-refractivity contribution in [2.45, 2.75) is 40.0 Å². The molecule has 2 rings (SSSR count). The number of hydrogen-bond acceptors (Lipinski definition) is 3. The number of thiophene rings is 1. The summed E-state index contributed by atoms with van der Waals surface area (Å²) < 4.78 is 1.04. The van der Waals surface area contributed by atoms with Gasteiger partial charge in [-0.3, -0.25) is 4.79 Å². The van der Waals surface area contributed by atoms with Crippen LogP contribution in [0.5, 0.6) is 5.75 Å². The van der Waals surface area contributed by atoms with E-state index in [0.717, 1.165) is 32.5 Å². The van der Waals surface area contributed by atoms with E-state index in [0.29, 0.717) is 18.6 Å². The molecule has 0 atom stereocenters. The van der Waals surface area contributed by atoms with Gasteiger partial charge in [-0.05, 0) is 65.4 Å². The summed E-state index contributed by atoms with van der Waals surface area (Å²) in [6.45, 7) is 5.86. The number of ketones is 1. The zero-order valence-corrected chi connectivity index (χ0v) is 14.9. The molecule has 1 heterocycles. The van der Waals surface area contributed by atoms with Gasteiger partial charge in [0.2, 0.25) is 0 Å². The fraction of sp³-hybridized carbons (Fsp3) is 0.353. The molecule has 21 heavy (non-hydrogen) atoms. The van der Waals surface area contributed by atoms with Crippen molar-refractivity contribution in [3.05, 3.63) is 49.1 Å². The number of carbonyl (C=O) groups is 1. The van der Waals surface area contributed by atoms with Crippen molar-refractivity contribution in [2.75, 3.05) is 0 Å². The minimum absolute atomic E-state index is 0.184. The highest BCUT2D eigenvalue weighted by molar-refractivity contribution is 9.10. The number of halogens is 1. The number of aromatic hydroxyl groups is 1. The van der Waals surface area contributed by atoms with Gasteiger partial charge in [0.1, 0.15) is 5.75 Å². The van der Waals surface area contributed by atoms with Gasteiger partial charge in [-0.1, -0.05) is 19.1 Å².